The lowest BCUT2D eigenvalue weighted by Crippen LogP contribution is -2.19. The predicted octanol–water partition coefficient (Wildman–Crippen LogP) is 6.45. The second kappa shape index (κ2) is 8.73. The van der Waals surface area contributed by atoms with E-state index < -0.39 is 11.0 Å². The molecule has 3 rings (SSSR count). The number of nitro groups is 1. The van der Waals surface area contributed by atoms with E-state index in [0.29, 0.717) is 32.4 Å². The van der Waals surface area contributed by atoms with Gasteiger partial charge in [-0.2, -0.15) is 0 Å². The van der Waals surface area contributed by atoms with Crippen LogP contribution < -0.4 is 15.4 Å². The van der Waals surface area contributed by atoms with Gasteiger partial charge in [0.1, 0.15) is 11.5 Å². The number of halogens is 2. The zero-order valence-corrected chi connectivity index (χ0v) is 16.5. The number of nitrogens with zero attached hydrogens (tertiary/aromatic N) is 1. The zero-order chi connectivity index (χ0) is 20.1. The summed E-state index contributed by atoms with van der Waals surface area (Å²) in [5.74, 6) is 1.20. The lowest BCUT2D eigenvalue weighted by Gasteiger charge is -2.11. The predicted molar refractivity (Wildman–Crippen MR) is 111 cm³/mol. The molecule has 0 unspecified atom stereocenters. The Morgan fingerprint density at radius 3 is 2.18 bits per heavy atom. The molecule has 0 spiro atoms. The van der Waals surface area contributed by atoms with E-state index in [0.717, 1.165) is 0 Å². The molecule has 28 heavy (non-hydrogen) atoms. The van der Waals surface area contributed by atoms with Crippen molar-refractivity contribution in [1.82, 2.24) is 0 Å². The Bertz CT molecular complexity index is 1010. The maximum absolute atomic E-state index is 12.1. The number of non-ortho nitro benzene ring substituents is 1. The van der Waals surface area contributed by atoms with Gasteiger partial charge in [0.15, 0.2) is 0 Å². The summed E-state index contributed by atoms with van der Waals surface area (Å²) in [4.78, 5) is 22.3. The first-order valence-electron chi connectivity index (χ1n) is 7.96. The third kappa shape index (κ3) is 5.21. The van der Waals surface area contributed by atoms with Crippen LogP contribution in [-0.4, -0.2) is 11.0 Å². The van der Waals surface area contributed by atoms with Crippen molar-refractivity contribution in [2.45, 2.75) is 0 Å². The molecule has 3 aromatic carbocycles. The third-order valence-electron chi connectivity index (χ3n) is 3.57. The fraction of sp³-hybridized carbons (Fsp3) is 0. The van der Waals surface area contributed by atoms with E-state index in [9.17, 15) is 14.9 Å². The Kier molecular flexibility index (Phi) is 6.13. The van der Waals surface area contributed by atoms with Crippen LogP contribution in [0.1, 0.15) is 0 Å². The number of benzene rings is 3. The molecular weight excluding hydrogens is 450 g/mol. The molecule has 2 N–H and O–H groups in total. The summed E-state index contributed by atoms with van der Waals surface area (Å²) in [6.45, 7) is 0. The number of hydrogen-bond donors (Lipinski definition) is 2. The third-order valence-corrected chi connectivity index (χ3v) is 4.44. The maximum atomic E-state index is 12.1. The Hall–Kier alpha value is -3.10. The van der Waals surface area contributed by atoms with Gasteiger partial charge >= 0.3 is 6.03 Å². The number of carbonyl (C=O) groups excluding carboxylic acids is 1. The number of amides is 2. The van der Waals surface area contributed by atoms with Gasteiger partial charge in [0.05, 0.1) is 9.40 Å². The van der Waals surface area contributed by atoms with Crippen LogP contribution in [0.4, 0.5) is 21.9 Å². The largest absolute Gasteiger partial charge is 0.456 e. The first-order valence-corrected chi connectivity index (χ1v) is 9.13. The van der Waals surface area contributed by atoms with Crippen LogP contribution in [0.5, 0.6) is 11.5 Å². The van der Waals surface area contributed by atoms with Crippen LogP contribution in [0.15, 0.2) is 71.2 Å². The van der Waals surface area contributed by atoms with Gasteiger partial charge in [-0.1, -0.05) is 11.6 Å². The molecule has 0 aliphatic carbocycles. The van der Waals surface area contributed by atoms with Gasteiger partial charge in [-0.05, 0) is 70.5 Å². The number of hydrogen-bond acceptors (Lipinski definition) is 4. The monoisotopic (exact) mass is 461 g/mol. The smallest absolute Gasteiger partial charge is 0.323 e. The van der Waals surface area contributed by atoms with Gasteiger partial charge < -0.3 is 15.4 Å². The number of carbonyl (C=O) groups is 1. The average Bonchev–Trinajstić information content (AvgIpc) is 2.66. The molecule has 0 aliphatic heterocycles. The summed E-state index contributed by atoms with van der Waals surface area (Å²) in [7, 11) is 0. The normalized spacial score (nSPS) is 10.2. The van der Waals surface area contributed by atoms with Gasteiger partial charge in [0.2, 0.25) is 0 Å². The molecule has 142 valence electrons. The highest BCUT2D eigenvalue weighted by Gasteiger charge is 2.09. The Balaban J connectivity index is 1.62. The lowest BCUT2D eigenvalue weighted by molar-refractivity contribution is -0.384. The molecule has 0 atom stereocenters. The lowest BCUT2D eigenvalue weighted by atomic mass is 10.3. The van der Waals surface area contributed by atoms with Gasteiger partial charge in [-0.3, -0.25) is 10.1 Å². The standard InChI is InChI=1S/C19H13BrClN3O4/c20-17-11-14(5-10-18(17)28-16-8-1-12(21)2-9-16)23-19(25)22-13-3-6-15(7-4-13)24(26)27/h1-11H,(H2,22,23,25). The highest BCUT2D eigenvalue weighted by Crippen LogP contribution is 2.32. The number of rotatable bonds is 5. The number of ether oxygens (including phenoxy) is 1. The minimum atomic E-state index is -0.505. The minimum absolute atomic E-state index is 0.0498. The van der Waals surface area contributed by atoms with Crippen LogP contribution in [0, 0.1) is 10.1 Å². The van der Waals surface area contributed by atoms with Crippen molar-refractivity contribution in [2.24, 2.45) is 0 Å². The molecule has 2 amide bonds. The number of anilines is 2. The van der Waals surface area contributed by atoms with Crippen LogP contribution >= 0.6 is 27.5 Å². The molecule has 0 aliphatic rings. The summed E-state index contributed by atoms with van der Waals surface area (Å²) < 4.78 is 6.41. The summed E-state index contributed by atoms with van der Waals surface area (Å²) in [6.07, 6.45) is 0. The van der Waals surface area contributed by atoms with E-state index in [1.54, 1.807) is 42.5 Å². The van der Waals surface area contributed by atoms with E-state index >= 15 is 0 Å². The first kappa shape index (κ1) is 19.7. The second-order valence-corrected chi connectivity index (χ2v) is 6.88. The summed E-state index contributed by atoms with van der Waals surface area (Å²) in [6, 6.07) is 17.1. The van der Waals surface area contributed by atoms with Crippen LogP contribution in [-0.2, 0) is 0 Å². The van der Waals surface area contributed by atoms with Crippen LogP contribution in [0.2, 0.25) is 5.02 Å². The molecule has 0 saturated heterocycles. The second-order valence-electron chi connectivity index (χ2n) is 5.58. The van der Waals surface area contributed by atoms with Crippen LogP contribution in [0.3, 0.4) is 0 Å². The molecule has 0 radical (unpaired) electrons. The zero-order valence-electron chi connectivity index (χ0n) is 14.2. The van der Waals surface area contributed by atoms with Crippen LogP contribution in [0.25, 0.3) is 0 Å². The van der Waals surface area contributed by atoms with Crippen molar-refractivity contribution in [2.75, 3.05) is 10.6 Å². The topological polar surface area (TPSA) is 93.5 Å². The molecule has 3 aromatic rings. The molecule has 0 bridgehead atoms. The van der Waals surface area contributed by atoms with Crippen molar-refractivity contribution in [3.63, 3.8) is 0 Å². The number of urea groups is 1. The van der Waals surface area contributed by atoms with Crippen molar-refractivity contribution in [3.8, 4) is 11.5 Å². The first-order chi connectivity index (χ1) is 13.4. The fourth-order valence-corrected chi connectivity index (χ4v) is 2.84. The molecule has 7 nitrogen and oxygen atoms in total. The highest BCUT2D eigenvalue weighted by atomic mass is 79.9. The van der Waals surface area contributed by atoms with E-state index in [1.807, 2.05) is 0 Å². The van der Waals surface area contributed by atoms with E-state index in [-0.39, 0.29) is 5.69 Å². The Morgan fingerprint density at radius 2 is 1.57 bits per heavy atom. The van der Waals surface area contributed by atoms with Crippen molar-refractivity contribution >= 4 is 50.6 Å². The van der Waals surface area contributed by atoms with E-state index in [1.165, 1.54) is 24.3 Å². The Labute approximate surface area is 173 Å². The maximum Gasteiger partial charge on any atom is 0.323 e. The molecule has 0 saturated carbocycles. The van der Waals surface area contributed by atoms with Gasteiger partial charge in [0.25, 0.3) is 5.69 Å². The summed E-state index contributed by atoms with van der Waals surface area (Å²) >= 11 is 9.26. The van der Waals surface area contributed by atoms with Gasteiger partial charge in [-0.25, -0.2) is 4.79 Å². The minimum Gasteiger partial charge on any atom is -0.456 e. The molecule has 0 aromatic heterocycles. The van der Waals surface area contributed by atoms with Crippen molar-refractivity contribution < 1.29 is 14.5 Å². The number of nitrogens with one attached hydrogen (secondary N) is 2. The summed E-state index contributed by atoms with van der Waals surface area (Å²) in [5, 5.41) is 16.6. The molecule has 9 heteroatoms. The summed E-state index contributed by atoms with van der Waals surface area (Å²) in [5.41, 5.74) is 0.922. The average molecular weight is 463 g/mol. The SMILES string of the molecule is O=C(Nc1ccc([N+](=O)[O-])cc1)Nc1ccc(Oc2ccc(Cl)cc2)c(Br)c1. The molecular formula is C19H13BrClN3O4. The highest BCUT2D eigenvalue weighted by molar-refractivity contribution is 9.10. The van der Waals surface area contributed by atoms with E-state index in [4.69, 9.17) is 16.3 Å². The Morgan fingerprint density at radius 1 is 0.964 bits per heavy atom. The number of nitro benzene ring substituents is 1. The van der Waals surface area contributed by atoms with Gasteiger partial charge in [0, 0.05) is 28.5 Å². The quantitative estimate of drug-likeness (QED) is 0.337. The molecule has 0 fully saturated rings. The van der Waals surface area contributed by atoms with Crippen molar-refractivity contribution in [1.29, 1.82) is 0 Å². The molecule has 0 heterocycles. The van der Waals surface area contributed by atoms with Crippen molar-refractivity contribution in [3.05, 3.63) is 86.3 Å². The fourth-order valence-electron chi connectivity index (χ4n) is 2.25. The van der Waals surface area contributed by atoms with Gasteiger partial charge in [-0.15, -0.1) is 0 Å². The van der Waals surface area contributed by atoms with E-state index in [2.05, 4.69) is 26.6 Å².